The lowest BCUT2D eigenvalue weighted by Crippen LogP contribution is -2.15. The van der Waals surface area contributed by atoms with Crippen LogP contribution in [-0.2, 0) is 44.1 Å². The summed E-state index contributed by atoms with van der Waals surface area (Å²) in [5, 5.41) is 8.55. The van der Waals surface area contributed by atoms with Crippen LogP contribution in [0.1, 0.15) is 5.56 Å². The molecule has 0 aromatic heterocycles. The van der Waals surface area contributed by atoms with Gasteiger partial charge >= 0.3 is 6.18 Å². The predicted molar refractivity (Wildman–Crippen MR) is 131 cm³/mol. The summed E-state index contributed by atoms with van der Waals surface area (Å²) in [4.78, 5) is 0. The molecule has 10 nitrogen and oxygen atoms in total. The predicted octanol–water partition coefficient (Wildman–Crippen LogP) is 2.21. The van der Waals surface area contributed by atoms with Crippen molar-refractivity contribution >= 4 is 0 Å². The van der Waals surface area contributed by atoms with Crippen molar-refractivity contribution in [1.82, 2.24) is 0 Å². The molecule has 1 aromatic rings. The quantitative estimate of drug-likeness (QED) is 0.162. The first-order chi connectivity index (χ1) is 18.6. The fourth-order valence-corrected chi connectivity index (χ4v) is 2.74. The minimum absolute atomic E-state index is 0.00866. The third-order valence-corrected chi connectivity index (χ3v) is 4.52. The van der Waals surface area contributed by atoms with Crippen LogP contribution in [0.25, 0.3) is 0 Å². The fraction of sp³-hybridized carbons (Fsp3) is 0.760. The van der Waals surface area contributed by atoms with Crippen LogP contribution >= 0.6 is 0 Å². The Balaban J connectivity index is 1.74. The van der Waals surface area contributed by atoms with Crippen LogP contribution in [0.3, 0.4) is 0 Å². The van der Waals surface area contributed by atoms with E-state index in [4.69, 9.17) is 47.7 Å². The van der Waals surface area contributed by atoms with E-state index in [0.717, 1.165) is 6.07 Å². The Morgan fingerprint density at radius 3 is 1.13 bits per heavy atom. The molecule has 1 aromatic carbocycles. The van der Waals surface area contributed by atoms with Crippen LogP contribution in [0, 0.1) is 0 Å². The lowest BCUT2D eigenvalue weighted by Gasteiger charge is -2.13. The molecule has 0 aliphatic heterocycles. The van der Waals surface area contributed by atoms with Gasteiger partial charge in [0.2, 0.25) is 0 Å². The smallest absolute Gasteiger partial charge is 0.419 e. The molecule has 1 N–H and O–H groups in total. The summed E-state index contributed by atoms with van der Waals surface area (Å²) in [6.45, 7) is 6.56. The van der Waals surface area contributed by atoms with E-state index in [1.807, 2.05) is 0 Å². The summed E-state index contributed by atoms with van der Waals surface area (Å²) in [6, 6.07) is 5.07. The second-order valence-electron chi connectivity index (χ2n) is 7.46. The van der Waals surface area contributed by atoms with E-state index < -0.39 is 11.7 Å². The van der Waals surface area contributed by atoms with Crippen molar-refractivity contribution < 1.29 is 60.9 Å². The summed E-state index contributed by atoms with van der Waals surface area (Å²) in [5.74, 6) is -0.213. The van der Waals surface area contributed by atoms with E-state index in [2.05, 4.69) is 0 Å². The number of alkyl halides is 3. The highest BCUT2D eigenvalue weighted by Crippen LogP contribution is 2.35. The molecule has 0 spiro atoms. The molecule has 38 heavy (non-hydrogen) atoms. The summed E-state index contributed by atoms with van der Waals surface area (Å²) in [5.41, 5.74) is -0.805. The first-order valence-corrected chi connectivity index (χ1v) is 12.6. The third-order valence-electron chi connectivity index (χ3n) is 4.52. The van der Waals surface area contributed by atoms with Gasteiger partial charge in [-0.1, -0.05) is 12.1 Å². The Hall–Kier alpha value is -1.55. The molecule has 13 heteroatoms. The van der Waals surface area contributed by atoms with Gasteiger partial charge in [-0.05, 0) is 12.1 Å². The molecular weight excluding hydrogens is 517 g/mol. The first kappa shape index (κ1) is 34.5. The molecule has 0 saturated carbocycles. The number of rotatable bonds is 27. The number of aliphatic hydroxyl groups excluding tert-OH is 1. The molecule has 222 valence electrons. The monoisotopic (exact) mass is 558 g/mol. The molecule has 0 bridgehead atoms. The van der Waals surface area contributed by atoms with Gasteiger partial charge in [-0.25, -0.2) is 0 Å². The van der Waals surface area contributed by atoms with Crippen LogP contribution in [0.15, 0.2) is 24.3 Å². The second-order valence-corrected chi connectivity index (χ2v) is 7.46. The zero-order valence-electron chi connectivity index (χ0n) is 21.8. The van der Waals surface area contributed by atoms with Gasteiger partial charge in [0.1, 0.15) is 12.4 Å². The maximum absolute atomic E-state index is 12.9. The molecule has 0 heterocycles. The van der Waals surface area contributed by atoms with Gasteiger partial charge in [0.05, 0.1) is 118 Å². The highest BCUT2D eigenvalue weighted by molar-refractivity contribution is 5.35. The molecule has 1 rings (SSSR count). The number of hydrogen-bond donors (Lipinski definition) is 1. The minimum Gasteiger partial charge on any atom is -0.491 e. The van der Waals surface area contributed by atoms with E-state index in [0.29, 0.717) is 99.1 Å². The van der Waals surface area contributed by atoms with Gasteiger partial charge in [-0.15, -0.1) is 0 Å². The Kier molecular flexibility index (Phi) is 22.2. The Bertz CT molecular complexity index is 652. The average Bonchev–Trinajstić information content (AvgIpc) is 2.90. The average molecular weight is 559 g/mol. The summed E-state index contributed by atoms with van der Waals surface area (Å²) in [6.07, 6.45) is -4.46. The topological polar surface area (TPSA) is 103 Å². The normalized spacial score (nSPS) is 11.8. The summed E-state index contributed by atoms with van der Waals surface area (Å²) >= 11 is 0. The Labute approximate surface area is 222 Å². The van der Waals surface area contributed by atoms with Gasteiger partial charge in [0, 0.05) is 0 Å². The van der Waals surface area contributed by atoms with Crippen LogP contribution < -0.4 is 4.74 Å². The summed E-state index contributed by atoms with van der Waals surface area (Å²) in [7, 11) is 0. The minimum atomic E-state index is -4.46. The van der Waals surface area contributed by atoms with Crippen molar-refractivity contribution in [1.29, 1.82) is 0 Å². The van der Waals surface area contributed by atoms with Crippen LogP contribution in [-0.4, -0.2) is 124 Å². The van der Waals surface area contributed by atoms with E-state index in [1.54, 1.807) is 0 Å². The molecule has 0 aliphatic rings. The second kappa shape index (κ2) is 24.5. The van der Waals surface area contributed by atoms with Crippen LogP contribution in [0.4, 0.5) is 13.2 Å². The maximum Gasteiger partial charge on any atom is 0.419 e. The Morgan fingerprint density at radius 1 is 0.474 bits per heavy atom. The van der Waals surface area contributed by atoms with Crippen molar-refractivity contribution in [2.24, 2.45) is 0 Å². The lowest BCUT2D eigenvalue weighted by molar-refractivity contribution is -0.139. The van der Waals surface area contributed by atoms with Crippen molar-refractivity contribution in [3.8, 4) is 5.75 Å². The number of hydrogen-bond acceptors (Lipinski definition) is 10. The van der Waals surface area contributed by atoms with Gasteiger partial charge in [-0.2, -0.15) is 13.2 Å². The van der Waals surface area contributed by atoms with Gasteiger partial charge in [0.15, 0.2) is 0 Å². The molecule has 0 amide bonds. The van der Waals surface area contributed by atoms with Crippen molar-refractivity contribution in [2.75, 3.05) is 119 Å². The number of halogens is 3. The van der Waals surface area contributed by atoms with Gasteiger partial charge < -0.3 is 47.7 Å². The Morgan fingerprint density at radius 2 is 0.789 bits per heavy atom. The third kappa shape index (κ3) is 20.4. The number of aliphatic hydroxyl groups is 1. The SMILES string of the molecule is OCCOCCOCCOCCOCCOCCOCCOCCOCCOc1ccccc1C(F)(F)F. The number of para-hydroxylation sites is 1. The zero-order valence-corrected chi connectivity index (χ0v) is 21.8. The van der Waals surface area contributed by atoms with Crippen molar-refractivity contribution in [3.05, 3.63) is 29.8 Å². The molecule has 0 radical (unpaired) electrons. The molecule has 0 atom stereocenters. The highest BCUT2D eigenvalue weighted by atomic mass is 19.4. The standard InChI is InChI=1S/C25H41F3O10/c26-25(27,28)23-3-1-2-4-24(23)38-22-21-37-20-19-36-18-17-35-16-15-34-14-13-33-12-11-32-10-9-31-8-7-30-6-5-29/h1-4,29H,5-22H2. The fourth-order valence-electron chi connectivity index (χ4n) is 2.74. The van der Waals surface area contributed by atoms with E-state index >= 15 is 0 Å². The van der Waals surface area contributed by atoms with E-state index in [-0.39, 0.29) is 25.6 Å². The lowest BCUT2D eigenvalue weighted by atomic mass is 10.2. The van der Waals surface area contributed by atoms with E-state index in [9.17, 15) is 13.2 Å². The van der Waals surface area contributed by atoms with Crippen molar-refractivity contribution in [2.45, 2.75) is 6.18 Å². The zero-order chi connectivity index (χ0) is 27.6. The first-order valence-electron chi connectivity index (χ1n) is 12.6. The highest BCUT2D eigenvalue weighted by Gasteiger charge is 2.33. The van der Waals surface area contributed by atoms with Gasteiger partial charge in [-0.3, -0.25) is 0 Å². The molecular formula is C25H41F3O10. The van der Waals surface area contributed by atoms with E-state index in [1.165, 1.54) is 18.2 Å². The molecule has 0 unspecified atom stereocenters. The largest absolute Gasteiger partial charge is 0.491 e. The van der Waals surface area contributed by atoms with Crippen molar-refractivity contribution in [3.63, 3.8) is 0 Å². The van der Waals surface area contributed by atoms with Gasteiger partial charge in [0.25, 0.3) is 0 Å². The summed E-state index contributed by atoms with van der Waals surface area (Å²) < 4.78 is 86.4. The molecule has 0 fully saturated rings. The van der Waals surface area contributed by atoms with Crippen LogP contribution in [0.5, 0.6) is 5.75 Å². The number of benzene rings is 1. The number of ether oxygens (including phenoxy) is 9. The molecule has 0 saturated heterocycles. The molecule has 0 aliphatic carbocycles. The maximum atomic E-state index is 12.9. The van der Waals surface area contributed by atoms with Crippen LogP contribution in [0.2, 0.25) is 0 Å².